The molecule has 0 atom stereocenters. The van der Waals surface area contributed by atoms with Gasteiger partial charge < -0.3 is 15.4 Å². The van der Waals surface area contributed by atoms with Gasteiger partial charge in [-0.3, -0.25) is 4.99 Å². The van der Waals surface area contributed by atoms with Crippen molar-refractivity contribution in [2.24, 2.45) is 4.99 Å². The monoisotopic (exact) mass is 403 g/mol. The van der Waals surface area contributed by atoms with Crippen LogP contribution in [0.25, 0.3) is 0 Å². The minimum atomic E-state index is 0. The first kappa shape index (κ1) is 18.1. The largest absolute Gasteiger partial charge is 0.493 e. The number of nitrogens with zero attached hydrogens (tertiary/aromatic N) is 1. The molecule has 4 nitrogen and oxygen atoms in total. The van der Waals surface area contributed by atoms with Crippen molar-refractivity contribution in [2.45, 2.75) is 39.7 Å². The Labute approximate surface area is 144 Å². The van der Waals surface area contributed by atoms with E-state index in [1.165, 1.54) is 11.1 Å². The van der Waals surface area contributed by atoms with Crippen LogP contribution in [0.1, 0.15) is 31.9 Å². The van der Waals surface area contributed by atoms with Gasteiger partial charge >= 0.3 is 0 Å². The van der Waals surface area contributed by atoms with Gasteiger partial charge in [-0.2, -0.15) is 0 Å². The van der Waals surface area contributed by atoms with Crippen molar-refractivity contribution in [3.8, 4) is 5.75 Å². The molecule has 0 saturated carbocycles. The van der Waals surface area contributed by atoms with Gasteiger partial charge in [0.05, 0.1) is 6.61 Å². The van der Waals surface area contributed by atoms with Gasteiger partial charge in [-0.05, 0) is 44.4 Å². The summed E-state index contributed by atoms with van der Waals surface area (Å²) in [6, 6.07) is 6.87. The van der Waals surface area contributed by atoms with Crippen LogP contribution < -0.4 is 15.4 Å². The molecule has 21 heavy (non-hydrogen) atoms. The third-order valence-corrected chi connectivity index (χ3v) is 3.19. The van der Waals surface area contributed by atoms with E-state index in [0.717, 1.165) is 44.2 Å². The molecule has 0 saturated heterocycles. The fourth-order valence-corrected chi connectivity index (χ4v) is 2.29. The number of nitrogens with one attached hydrogen (secondary N) is 2. The summed E-state index contributed by atoms with van der Waals surface area (Å²) in [7, 11) is 0. The second-order valence-electron chi connectivity index (χ2n) is 5.35. The lowest BCUT2D eigenvalue weighted by Crippen LogP contribution is -2.41. The van der Waals surface area contributed by atoms with Crippen molar-refractivity contribution in [2.75, 3.05) is 19.7 Å². The second kappa shape index (κ2) is 9.12. The van der Waals surface area contributed by atoms with Gasteiger partial charge in [0.1, 0.15) is 5.75 Å². The molecule has 0 spiro atoms. The molecule has 2 rings (SSSR count). The summed E-state index contributed by atoms with van der Waals surface area (Å²) >= 11 is 0. The van der Waals surface area contributed by atoms with Gasteiger partial charge in [-0.15, -0.1) is 24.0 Å². The number of halogens is 1. The minimum absolute atomic E-state index is 0. The molecule has 1 aliphatic heterocycles. The Morgan fingerprint density at radius 1 is 1.38 bits per heavy atom. The Morgan fingerprint density at radius 3 is 2.90 bits per heavy atom. The third kappa shape index (κ3) is 5.73. The highest BCUT2D eigenvalue weighted by Gasteiger charge is 2.11. The summed E-state index contributed by atoms with van der Waals surface area (Å²) in [6.07, 6.45) is 1.99. The van der Waals surface area contributed by atoms with Gasteiger partial charge in [-0.1, -0.05) is 12.1 Å². The van der Waals surface area contributed by atoms with E-state index >= 15 is 0 Å². The number of aliphatic imine (C=N–C) groups is 1. The number of hydrogen-bond donors (Lipinski definition) is 2. The Morgan fingerprint density at radius 2 is 2.19 bits per heavy atom. The highest BCUT2D eigenvalue weighted by atomic mass is 127. The number of fused-ring (bicyclic) bond motifs is 1. The average molecular weight is 403 g/mol. The molecular formula is C16H26IN3O. The lowest BCUT2D eigenvalue weighted by atomic mass is 10.1. The highest BCUT2D eigenvalue weighted by Crippen LogP contribution is 2.25. The van der Waals surface area contributed by atoms with Gasteiger partial charge in [0, 0.05) is 25.6 Å². The number of hydrogen-bond acceptors (Lipinski definition) is 2. The first-order valence-electron chi connectivity index (χ1n) is 7.48. The SMILES string of the molecule is CCNC(=NCCc1ccc2c(c1)CCO2)NC(C)C.I. The predicted octanol–water partition coefficient (Wildman–Crippen LogP) is 2.75. The summed E-state index contributed by atoms with van der Waals surface area (Å²) < 4.78 is 5.52. The van der Waals surface area contributed by atoms with Crippen molar-refractivity contribution < 1.29 is 4.74 Å². The molecule has 0 radical (unpaired) electrons. The summed E-state index contributed by atoms with van der Waals surface area (Å²) in [5, 5.41) is 6.59. The van der Waals surface area contributed by atoms with E-state index in [9.17, 15) is 0 Å². The maximum absolute atomic E-state index is 5.52. The van der Waals surface area contributed by atoms with E-state index < -0.39 is 0 Å². The van der Waals surface area contributed by atoms with E-state index in [-0.39, 0.29) is 24.0 Å². The van der Waals surface area contributed by atoms with Crippen LogP contribution in [0.15, 0.2) is 23.2 Å². The lowest BCUT2D eigenvalue weighted by Gasteiger charge is -2.13. The molecule has 0 amide bonds. The zero-order valence-corrected chi connectivity index (χ0v) is 15.4. The van der Waals surface area contributed by atoms with Crippen LogP contribution in [0.2, 0.25) is 0 Å². The zero-order chi connectivity index (χ0) is 14.4. The maximum Gasteiger partial charge on any atom is 0.191 e. The molecule has 0 aliphatic carbocycles. The van der Waals surface area contributed by atoms with E-state index in [1.54, 1.807) is 0 Å². The van der Waals surface area contributed by atoms with Crippen LogP contribution in [0.3, 0.4) is 0 Å². The van der Waals surface area contributed by atoms with Gasteiger partial charge in [-0.25, -0.2) is 0 Å². The summed E-state index contributed by atoms with van der Waals surface area (Å²) in [5.74, 6) is 1.94. The third-order valence-electron chi connectivity index (χ3n) is 3.19. The molecule has 0 unspecified atom stereocenters. The molecule has 0 fully saturated rings. The number of ether oxygens (including phenoxy) is 1. The van der Waals surface area contributed by atoms with E-state index in [1.807, 2.05) is 0 Å². The lowest BCUT2D eigenvalue weighted by molar-refractivity contribution is 0.357. The summed E-state index contributed by atoms with van der Waals surface area (Å²) in [4.78, 5) is 4.61. The average Bonchev–Trinajstić information content (AvgIpc) is 2.85. The van der Waals surface area contributed by atoms with Crippen LogP contribution in [0.4, 0.5) is 0 Å². The Hall–Kier alpha value is -0.980. The first-order valence-corrected chi connectivity index (χ1v) is 7.48. The topological polar surface area (TPSA) is 45.7 Å². The van der Waals surface area contributed by atoms with E-state index in [0.29, 0.717) is 6.04 Å². The summed E-state index contributed by atoms with van der Waals surface area (Å²) in [5.41, 5.74) is 2.66. The minimum Gasteiger partial charge on any atom is -0.493 e. The second-order valence-corrected chi connectivity index (χ2v) is 5.35. The molecule has 118 valence electrons. The smallest absolute Gasteiger partial charge is 0.191 e. The maximum atomic E-state index is 5.52. The fourth-order valence-electron chi connectivity index (χ4n) is 2.29. The van der Waals surface area contributed by atoms with Gasteiger partial charge in [0.15, 0.2) is 5.96 Å². The van der Waals surface area contributed by atoms with Crippen LogP contribution >= 0.6 is 24.0 Å². The van der Waals surface area contributed by atoms with E-state index in [4.69, 9.17) is 4.74 Å². The molecule has 1 aliphatic rings. The van der Waals surface area contributed by atoms with Gasteiger partial charge in [0.2, 0.25) is 0 Å². The Kier molecular flexibility index (Phi) is 7.85. The van der Waals surface area contributed by atoms with E-state index in [2.05, 4.69) is 54.6 Å². The molecule has 2 N–H and O–H groups in total. The first-order chi connectivity index (χ1) is 9.69. The van der Waals surface area contributed by atoms with Crippen molar-refractivity contribution in [1.82, 2.24) is 10.6 Å². The molecular weight excluding hydrogens is 377 g/mol. The van der Waals surface area contributed by atoms with Crippen molar-refractivity contribution in [1.29, 1.82) is 0 Å². The Balaban J connectivity index is 0.00000220. The number of rotatable bonds is 5. The Bertz CT molecular complexity index is 475. The predicted molar refractivity (Wildman–Crippen MR) is 99.0 cm³/mol. The fraction of sp³-hybridized carbons (Fsp3) is 0.562. The molecule has 1 heterocycles. The van der Waals surface area contributed by atoms with Crippen LogP contribution in [-0.2, 0) is 12.8 Å². The van der Waals surface area contributed by atoms with Crippen LogP contribution in [-0.4, -0.2) is 31.7 Å². The number of benzene rings is 1. The van der Waals surface area contributed by atoms with Crippen molar-refractivity contribution in [3.05, 3.63) is 29.3 Å². The van der Waals surface area contributed by atoms with Crippen LogP contribution in [0.5, 0.6) is 5.75 Å². The van der Waals surface area contributed by atoms with Crippen LogP contribution in [0, 0.1) is 0 Å². The molecule has 0 aromatic heterocycles. The number of guanidine groups is 1. The highest BCUT2D eigenvalue weighted by molar-refractivity contribution is 14.0. The van der Waals surface area contributed by atoms with Gasteiger partial charge in [0.25, 0.3) is 0 Å². The van der Waals surface area contributed by atoms with Crippen molar-refractivity contribution >= 4 is 29.9 Å². The molecule has 1 aromatic carbocycles. The molecule has 0 bridgehead atoms. The quantitative estimate of drug-likeness (QED) is 0.452. The summed E-state index contributed by atoms with van der Waals surface area (Å²) in [6.45, 7) is 8.81. The van der Waals surface area contributed by atoms with Crippen molar-refractivity contribution in [3.63, 3.8) is 0 Å². The standard InChI is InChI=1S/C16H25N3O.HI/c1-4-17-16(19-12(2)3)18-9-7-13-5-6-15-14(11-13)8-10-20-15;/h5-6,11-12H,4,7-10H2,1-3H3,(H2,17,18,19);1H. The molecule has 1 aromatic rings. The normalized spacial score (nSPS) is 13.4. The zero-order valence-electron chi connectivity index (χ0n) is 13.1. The molecule has 5 heteroatoms.